The summed E-state index contributed by atoms with van der Waals surface area (Å²) in [6, 6.07) is 12.7. The topological polar surface area (TPSA) is 32.8 Å². The molecule has 28 heavy (non-hydrogen) atoms. The lowest BCUT2D eigenvalue weighted by molar-refractivity contribution is -0.122. The van der Waals surface area contributed by atoms with Gasteiger partial charge in [-0.15, -0.1) is 0 Å². The quantitative estimate of drug-likeness (QED) is 0.774. The van der Waals surface area contributed by atoms with E-state index >= 15 is 0 Å². The lowest BCUT2D eigenvalue weighted by atomic mass is 9.74. The maximum atomic E-state index is 14.0. The molecule has 0 radical (unpaired) electrons. The minimum absolute atomic E-state index is 0.0355. The summed E-state index contributed by atoms with van der Waals surface area (Å²) in [6.45, 7) is 3.27. The highest BCUT2D eigenvalue weighted by atomic mass is 35.5. The van der Waals surface area contributed by atoms with Gasteiger partial charge in [0.2, 0.25) is 0 Å². The van der Waals surface area contributed by atoms with Crippen LogP contribution in [0.3, 0.4) is 0 Å². The number of hydrogen-bond donors (Lipinski definition) is 0. The van der Waals surface area contributed by atoms with Crippen LogP contribution in [-0.2, 0) is 21.5 Å². The first-order valence-electron chi connectivity index (χ1n) is 9.57. The van der Waals surface area contributed by atoms with Gasteiger partial charge >= 0.3 is 0 Å². The fraction of sp³-hybridized carbons (Fsp3) is 0.409. The average molecular weight is 403 g/mol. The summed E-state index contributed by atoms with van der Waals surface area (Å²) in [5, 5.41) is 0.749. The number of methoxy groups -OCH3 is 1. The molecule has 0 aromatic heterocycles. The van der Waals surface area contributed by atoms with Crippen molar-refractivity contribution in [3.63, 3.8) is 0 Å². The summed E-state index contributed by atoms with van der Waals surface area (Å²) < 4.78 is 19.1. The number of rotatable bonds is 4. The second-order valence-electron chi connectivity index (χ2n) is 7.76. The van der Waals surface area contributed by atoms with Gasteiger partial charge in [0, 0.05) is 36.3 Å². The molecule has 0 aliphatic carbocycles. The highest BCUT2D eigenvalue weighted by Crippen LogP contribution is 2.47. The number of fused-ring (bicyclic) bond motifs is 2. The average Bonchev–Trinajstić information content (AvgIpc) is 2.98. The molecule has 0 saturated carbocycles. The molecule has 6 heteroatoms. The lowest BCUT2D eigenvalue weighted by Gasteiger charge is -2.40. The standard InChI is InChI=1S/C22H24ClFN2O2/c1-28-14-21(27)26-15-22(19-12-18(24)5-6-20(19)26)7-9-25(10-8-22)13-16-3-2-4-17(23)11-16/h2-6,11-12H,7-10,13-15H2,1H3. The molecular formula is C22H24ClFN2O2. The van der Waals surface area contributed by atoms with Crippen molar-refractivity contribution in [1.29, 1.82) is 0 Å². The third-order valence-electron chi connectivity index (χ3n) is 5.96. The van der Waals surface area contributed by atoms with E-state index in [1.165, 1.54) is 18.7 Å². The zero-order chi connectivity index (χ0) is 19.7. The molecule has 2 aliphatic heterocycles. The second kappa shape index (κ2) is 7.82. The Morgan fingerprint density at radius 1 is 1.21 bits per heavy atom. The van der Waals surface area contributed by atoms with Crippen molar-refractivity contribution < 1.29 is 13.9 Å². The van der Waals surface area contributed by atoms with E-state index in [9.17, 15) is 9.18 Å². The van der Waals surface area contributed by atoms with Crippen molar-refractivity contribution in [2.45, 2.75) is 24.8 Å². The minimum Gasteiger partial charge on any atom is -0.375 e. The summed E-state index contributed by atoms with van der Waals surface area (Å²) in [5.41, 5.74) is 2.79. The summed E-state index contributed by atoms with van der Waals surface area (Å²) in [6.07, 6.45) is 1.78. The van der Waals surface area contributed by atoms with Crippen LogP contribution in [-0.4, -0.2) is 44.2 Å². The molecule has 2 aromatic rings. The van der Waals surface area contributed by atoms with Gasteiger partial charge in [-0.1, -0.05) is 23.7 Å². The molecule has 0 unspecified atom stereocenters. The fourth-order valence-corrected chi connectivity index (χ4v) is 4.74. The van der Waals surface area contributed by atoms with Gasteiger partial charge in [0.25, 0.3) is 5.91 Å². The van der Waals surface area contributed by atoms with Crippen molar-refractivity contribution in [1.82, 2.24) is 4.90 Å². The molecule has 0 bridgehead atoms. The first-order valence-corrected chi connectivity index (χ1v) is 9.95. The normalized spacial score (nSPS) is 18.5. The van der Waals surface area contributed by atoms with E-state index in [1.54, 1.807) is 17.0 Å². The van der Waals surface area contributed by atoms with Crippen LogP contribution in [0.1, 0.15) is 24.0 Å². The lowest BCUT2D eigenvalue weighted by Crippen LogP contribution is -2.46. The van der Waals surface area contributed by atoms with Crippen molar-refractivity contribution in [2.24, 2.45) is 0 Å². The summed E-state index contributed by atoms with van der Waals surface area (Å²) in [4.78, 5) is 16.7. The second-order valence-corrected chi connectivity index (χ2v) is 8.20. The highest BCUT2D eigenvalue weighted by molar-refractivity contribution is 6.30. The molecule has 0 atom stereocenters. The van der Waals surface area contributed by atoms with Crippen molar-refractivity contribution in [3.8, 4) is 0 Å². The zero-order valence-electron chi connectivity index (χ0n) is 16.0. The molecule has 2 heterocycles. The minimum atomic E-state index is -0.250. The Hall–Kier alpha value is -1.95. The molecular weight excluding hydrogens is 379 g/mol. The van der Waals surface area contributed by atoms with E-state index in [4.69, 9.17) is 16.3 Å². The smallest absolute Gasteiger partial charge is 0.252 e. The number of ether oxygens (including phenoxy) is 1. The fourth-order valence-electron chi connectivity index (χ4n) is 4.53. The third kappa shape index (κ3) is 3.66. The van der Waals surface area contributed by atoms with Gasteiger partial charge in [0.1, 0.15) is 12.4 Å². The molecule has 4 rings (SSSR count). The summed E-state index contributed by atoms with van der Waals surface area (Å²) in [7, 11) is 1.52. The molecule has 0 N–H and O–H groups in total. The van der Waals surface area contributed by atoms with Gasteiger partial charge in [0.15, 0.2) is 0 Å². The molecule has 2 aliphatic rings. The number of anilines is 1. The molecule has 2 aromatic carbocycles. The van der Waals surface area contributed by atoms with Crippen LogP contribution in [0.2, 0.25) is 5.02 Å². The van der Waals surface area contributed by atoms with Crippen molar-refractivity contribution in [3.05, 3.63) is 64.4 Å². The molecule has 1 amide bonds. The number of likely N-dealkylation sites (tertiary alicyclic amines) is 1. The maximum absolute atomic E-state index is 14.0. The van der Waals surface area contributed by atoms with E-state index in [0.717, 1.165) is 48.7 Å². The van der Waals surface area contributed by atoms with Gasteiger partial charge < -0.3 is 9.64 Å². The van der Waals surface area contributed by atoms with Gasteiger partial charge in [-0.25, -0.2) is 4.39 Å². The Balaban J connectivity index is 1.53. The first kappa shape index (κ1) is 19.4. The molecule has 4 nitrogen and oxygen atoms in total. The van der Waals surface area contributed by atoms with Crippen LogP contribution >= 0.6 is 11.6 Å². The van der Waals surface area contributed by atoms with Gasteiger partial charge in [-0.3, -0.25) is 9.69 Å². The number of nitrogens with zero attached hydrogens (tertiary/aromatic N) is 2. The van der Waals surface area contributed by atoms with E-state index in [-0.39, 0.29) is 23.7 Å². The van der Waals surface area contributed by atoms with Crippen LogP contribution < -0.4 is 4.90 Å². The Morgan fingerprint density at radius 3 is 2.71 bits per heavy atom. The number of halogens is 2. The van der Waals surface area contributed by atoms with Gasteiger partial charge in [-0.2, -0.15) is 0 Å². The molecule has 1 fully saturated rings. The third-order valence-corrected chi connectivity index (χ3v) is 6.19. The van der Waals surface area contributed by atoms with Crippen LogP contribution in [0.15, 0.2) is 42.5 Å². The van der Waals surface area contributed by atoms with E-state index in [2.05, 4.69) is 11.0 Å². The Kier molecular flexibility index (Phi) is 5.41. The maximum Gasteiger partial charge on any atom is 0.252 e. The number of carbonyl (C=O) groups is 1. The molecule has 1 saturated heterocycles. The Labute approximate surface area is 169 Å². The predicted octanol–water partition coefficient (Wildman–Crippen LogP) is 4.01. The van der Waals surface area contributed by atoms with Crippen LogP contribution in [0.25, 0.3) is 0 Å². The largest absolute Gasteiger partial charge is 0.375 e. The Morgan fingerprint density at radius 2 is 2.00 bits per heavy atom. The zero-order valence-corrected chi connectivity index (χ0v) is 16.7. The van der Waals surface area contributed by atoms with Gasteiger partial charge in [0.05, 0.1) is 0 Å². The number of benzene rings is 2. The van der Waals surface area contributed by atoms with Gasteiger partial charge in [-0.05, 0) is 67.4 Å². The van der Waals surface area contributed by atoms with E-state index in [0.29, 0.717) is 6.54 Å². The first-order chi connectivity index (χ1) is 13.5. The number of hydrogen-bond acceptors (Lipinski definition) is 3. The van der Waals surface area contributed by atoms with E-state index in [1.807, 2.05) is 18.2 Å². The van der Waals surface area contributed by atoms with Crippen LogP contribution in [0, 0.1) is 5.82 Å². The monoisotopic (exact) mass is 402 g/mol. The number of carbonyl (C=O) groups excluding carboxylic acids is 1. The molecule has 148 valence electrons. The summed E-state index contributed by atoms with van der Waals surface area (Å²) >= 11 is 6.10. The molecule has 1 spiro atoms. The van der Waals surface area contributed by atoms with E-state index < -0.39 is 0 Å². The SMILES string of the molecule is COCC(=O)N1CC2(CCN(Cc3cccc(Cl)c3)CC2)c2cc(F)ccc21. The summed E-state index contributed by atoms with van der Waals surface area (Å²) in [5.74, 6) is -0.325. The Bertz CT molecular complexity index is 881. The predicted molar refractivity (Wildman–Crippen MR) is 108 cm³/mol. The highest BCUT2D eigenvalue weighted by Gasteiger charge is 2.46. The number of amides is 1. The van der Waals surface area contributed by atoms with Crippen LogP contribution in [0.4, 0.5) is 10.1 Å². The van der Waals surface area contributed by atoms with Crippen molar-refractivity contribution in [2.75, 3.05) is 38.3 Å². The number of piperidine rings is 1. The van der Waals surface area contributed by atoms with Crippen LogP contribution in [0.5, 0.6) is 0 Å². The van der Waals surface area contributed by atoms with Crippen molar-refractivity contribution >= 4 is 23.2 Å².